The van der Waals surface area contributed by atoms with Gasteiger partial charge in [0, 0.05) is 54.8 Å². The molecular formula is C25H26N8O2S. The molecule has 1 saturated heterocycles. The first kappa shape index (κ1) is 22.5. The van der Waals surface area contributed by atoms with Crippen LogP contribution < -0.4 is 10.2 Å². The number of sulfone groups is 1. The Kier molecular flexibility index (Phi) is 5.38. The molecule has 2 N–H and O–H groups in total. The third-order valence-corrected chi connectivity index (χ3v) is 7.63. The zero-order chi connectivity index (χ0) is 24.9. The number of rotatable bonds is 5. The van der Waals surface area contributed by atoms with Crippen LogP contribution in [-0.2, 0) is 9.84 Å². The first-order valence-electron chi connectivity index (χ1n) is 11.7. The minimum atomic E-state index is -3.40. The number of aromatic amines is 1. The van der Waals surface area contributed by atoms with E-state index in [4.69, 9.17) is 5.10 Å². The van der Waals surface area contributed by atoms with Crippen LogP contribution in [0.3, 0.4) is 0 Å². The highest BCUT2D eigenvalue weighted by Crippen LogP contribution is 2.29. The average molecular weight is 503 g/mol. The highest BCUT2D eigenvalue weighted by molar-refractivity contribution is 7.90. The molecule has 1 aliphatic heterocycles. The smallest absolute Gasteiger partial charge is 0.247 e. The molecule has 0 spiro atoms. The number of piperazine rings is 1. The van der Waals surface area contributed by atoms with E-state index in [0.29, 0.717) is 17.3 Å². The predicted molar refractivity (Wildman–Crippen MR) is 141 cm³/mol. The van der Waals surface area contributed by atoms with E-state index >= 15 is 0 Å². The van der Waals surface area contributed by atoms with Gasteiger partial charge in [-0.3, -0.25) is 5.10 Å². The third kappa shape index (κ3) is 4.27. The fraction of sp³-hybridized carbons (Fsp3) is 0.240. The number of hydrogen-bond acceptors (Lipinski definition) is 8. The molecule has 0 atom stereocenters. The fourth-order valence-electron chi connectivity index (χ4n) is 4.52. The molecule has 4 heterocycles. The zero-order valence-corrected chi connectivity index (χ0v) is 20.8. The van der Waals surface area contributed by atoms with Gasteiger partial charge >= 0.3 is 0 Å². The van der Waals surface area contributed by atoms with Crippen molar-refractivity contribution in [3.63, 3.8) is 0 Å². The van der Waals surface area contributed by atoms with Gasteiger partial charge in [-0.1, -0.05) is 12.1 Å². The van der Waals surface area contributed by atoms with Crippen molar-refractivity contribution in [2.45, 2.75) is 4.90 Å². The van der Waals surface area contributed by atoms with Crippen LogP contribution in [0.4, 0.5) is 17.3 Å². The van der Waals surface area contributed by atoms with Crippen molar-refractivity contribution in [3.8, 4) is 11.3 Å². The molecule has 3 aromatic heterocycles. The van der Waals surface area contributed by atoms with Gasteiger partial charge in [-0.15, -0.1) is 5.10 Å². The number of H-pyrrole nitrogens is 1. The van der Waals surface area contributed by atoms with E-state index in [-0.39, 0.29) is 4.90 Å². The van der Waals surface area contributed by atoms with E-state index in [1.807, 2.05) is 36.4 Å². The van der Waals surface area contributed by atoms with Gasteiger partial charge in [0.25, 0.3) is 0 Å². The number of hydrogen-bond donors (Lipinski definition) is 2. The molecule has 5 aromatic rings. The van der Waals surface area contributed by atoms with E-state index in [2.05, 4.69) is 43.4 Å². The summed E-state index contributed by atoms with van der Waals surface area (Å²) in [5.74, 6) is 0.391. The summed E-state index contributed by atoms with van der Waals surface area (Å²) in [5, 5.41) is 16.0. The summed E-state index contributed by atoms with van der Waals surface area (Å²) in [6, 6.07) is 17.2. The van der Waals surface area contributed by atoms with Crippen LogP contribution in [0.25, 0.3) is 27.8 Å². The van der Waals surface area contributed by atoms with Crippen LogP contribution in [0, 0.1) is 0 Å². The molecule has 6 rings (SSSR count). The van der Waals surface area contributed by atoms with Crippen LogP contribution in [-0.4, -0.2) is 77.6 Å². The number of fused-ring (bicyclic) bond motifs is 2. The molecule has 1 fully saturated rings. The Labute approximate surface area is 208 Å². The second-order valence-corrected chi connectivity index (χ2v) is 11.2. The summed E-state index contributed by atoms with van der Waals surface area (Å²) >= 11 is 0. The summed E-state index contributed by atoms with van der Waals surface area (Å²) in [7, 11) is -1.31. The van der Waals surface area contributed by atoms with Crippen molar-refractivity contribution in [1.29, 1.82) is 0 Å². The van der Waals surface area contributed by atoms with Gasteiger partial charge in [0.05, 0.1) is 22.3 Å². The molecule has 184 valence electrons. The highest BCUT2D eigenvalue weighted by atomic mass is 32.2. The monoisotopic (exact) mass is 502 g/mol. The van der Waals surface area contributed by atoms with Gasteiger partial charge < -0.3 is 15.1 Å². The van der Waals surface area contributed by atoms with Crippen LogP contribution in [0.1, 0.15) is 0 Å². The molecule has 0 unspecified atom stereocenters. The second kappa shape index (κ2) is 8.61. The fourth-order valence-corrected chi connectivity index (χ4v) is 5.20. The first-order chi connectivity index (χ1) is 17.3. The minimum absolute atomic E-state index is 0.263. The normalized spacial score (nSPS) is 15.1. The molecule has 10 nitrogen and oxygen atoms in total. The maximum Gasteiger partial charge on any atom is 0.247 e. The molecule has 11 heteroatoms. The largest absolute Gasteiger partial charge is 0.369 e. The van der Waals surface area contributed by atoms with Gasteiger partial charge in [0.1, 0.15) is 0 Å². The van der Waals surface area contributed by atoms with Crippen molar-refractivity contribution in [1.82, 2.24) is 29.7 Å². The highest BCUT2D eigenvalue weighted by Gasteiger charge is 2.19. The Morgan fingerprint density at radius 1 is 1.00 bits per heavy atom. The number of nitrogens with one attached hydrogen (secondary N) is 2. The Bertz CT molecular complexity index is 1680. The number of nitrogens with zero attached hydrogens (tertiary/aromatic N) is 6. The van der Waals surface area contributed by atoms with Crippen molar-refractivity contribution in [3.05, 3.63) is 60.8 Å². The Morgan fingerprint density at radius 2 is 1.83 bits per heavy atom. The topological polar surface area (TPSA) is 112 Å². The van der Waals surface area contributed by atoms with Crippen molar-refractivity contribution in [2.24, 2.45) is 0 Å². The Balaban J connectivity index is 1.37. The Morgan fingerprint density at radius 3 is 2.64 bits per heavy atom. The van der Waals surface area contributed by atoms with Gasteiger partial charge in [0.2, 0.25) is 5.95 Å². The summed E-state index contributed by atoms with van der Waals surface area (Å²) < 4.78 is 26.7. The quantitative estimate of drug-likeness (QED) is 0.377. The number of pyridine rings is 1. The standard InChI is InChI=1S/C25H26N8O2S/c1-31-8-10-32(11-9-31)20-13-19(14-21(15-20)36(2,34)35)27-25-28-24-5-3-4-23(33(24)30-25)17-6-7-22-18(12-17)16-26-29-22/h3-7,12-16H,8-11H2,1-2H3,(H,26,29)(H,27,30). The molecular weight excluding hydrogens is 476 g/mol. The number of anilines is 3. The van der Waals surface area contributed by atoms with Crippen molar-refractivity contribution in [2.75, 3.05) is 49.7 Å². The first-order valence-corrected chi connectivity index (χ1v) is 13.6. The second-order valence-electron chi connectivity index (χ2n) is 9.19. The molecule has 0 bridgehead atoms. The maximum absolute atomic E-state index is 12.4. The number of benzene rings is 2. The lowest BCUT2D eigenvalue weighted by molar-refractivity contribution is 0.313. The van der Waals surface area contributed by atoms with Gasteiger partial charge in [-0.2, -0.15) is 10.1 Å². The number of likely N-dealkylation sites (N-methyl/N-ethyl adjacent to an activating group) is 1. The third-order valence-electron chi connectivity index (χ3n) is 6.54. The van der Waals surface area contributed by atoms with Crippen molar-refractivity contribution < 1.29 is 8.42 Å². The number of aromatic nitrogens is 5. The molecule has 2 aromatic carbocycles. The zero-order valence-electron chi connectivity index (χ0n) is 20.0. The van der Waals surface area contributed by atoms with Crippen LogP contribution >= 0.6 is 0 Å². The van der Waals surface area contributed by atoms with Crippen LogP contribution in [0.5, 0.6) is 0 Å². The van der Waals surface area contributed by atoms with Gasteiger partial charge in [-0.25, -0.2) is 12.9 Å². The molecule has 0 radical (unpaired) electrons. The van der Waals surface area contributed by atoms with Crippen molar-refractivity contribution >= 4 is 43.7 Å². The van der Waals surface area contributed by atoms with E-state index in [9.17, 15) is 8.42 Å². The van der Waals surface area contributed by atoms with E-state index in [1.54, 1.807) is 22.8 Å². The molecule has 1 aliphatic rings. The lowest BCUT2D eigenvalue weighted by Crippen LogP contribution is -2.44. The average Bonchev–Trinajstić information content (AvgIpc) is 3.49. The SMILES string of the molecule is CN1CCN(c2cc(Nc3nc4cccc(-c5ccc6[nH]ncc6c5)n4n3)cc(S(C)(=O)=O)c2)CC1. The lowest BCUT2D eigenvalue weighted by atomic mass is 10.1. The van der Waals surface area contributed by atoms with Gasteiger partial charge in [-0.05, 0) is 49.5 Å². The van der Waals surface area contributed by atoms with Gasteiger partial charge in [0.15, 0.2) is 15.5 Å². The van der Waals surface area contributed by atoms with Crippen LogP contribution in [0.2, 0.25) is 0 Å². The van der Waals surface area contributed by atoms with Crippen LogP contribution in [0.15, 0.2) is 65.7 Å². The van der Waals surface area contributed by atoms with E-state index in [0.717, 1.165) is 54.0 Å². The minimum Gasteiger partial charge on any atom is -0.369 e. The Hall–Kier alpha value is -3.96. The molecule has 0 saturated carbocycles. The molecule has 0 amide bonds. The summed E-state index contributed by atoms with van der Waals surface area (Å²) in [4.78, 5) is 9.38. The molecule has 0 aliphatic carbocycles. The summed E-state index contributed by atoms with van der Waals surface area (Å²) in [5.41, 5.74) is 5.02. The maximum atomic E-state index is 12.4. The van der Waals surface area contributed by atoms with E-state index < -0.39 is 9.84 Å². The molecule has 36 heavy (non-hydrogen) atoms. The predicted octanol–water partition coefficient (Wildman–Crippen LogP) is 3.17. The van der Waals surface area contributed by atoms with E-state index in [1.165, 1.54) is 6.26 Å². The lowest BCUT2D eigenvalue weighted by Gasteiger charge is -2.34. The summed E-state index contributed by atoms with van der Waals surface area (Å²) in [6.07, 6.45) is 3.02. The summed E-state index contributed by atoms with van der Waals surface area (Å²) in [6.45, 7) is 3.51.